The molecule has 0 aromatic heterocycles. The van der Waals surface area contributed by atoms with Crippen LogP contribution in [0.5, 0.6) is 17.2 Å². The summed E-state index contributed by atoms with van der Waals surface area (Å²) in [7, 11) is 3.19. The van der Waals surface area contributed by atoms with Gasteiger partial charge in [-0.1, -0.05) is 25.1 Å². The molecule has 2 aromatic rings. The van der Waals surface area contributed by atoms with Gasteiger partial charge in [-0.15, -0.1) is 0 Å². The second-order valence-corrected chi connectivity index (χ2v) is 4.75. The molecule has 116 valence electrons. The van der Waals surface area contributed by atoms with Crippen LogP contribution in [-0.2, 0) is 6.61 Å². The molecule has 0 amide bonds. The van der Waals surface area contributed by atoms with Crippen LogP contribution in [0.25, 0.3) is 0 Å². The van der Waals surface area contributed by atoms with Gasteiger partial charge in [-0.3, -0.25) is 4.79 Å². The number of methoxy groups -OCH3 is 2. The van der Waals surface area contributed by atoms with E-state index in [4.69, 9.17) is 14.2 Å². The fourth-order valence-electron chi connectivity index (χ4n) is 2.14. The number of Topliss-reactive ketones (excluding diaryl/α,β-unsaturated/α-hetero) is 1. The second kappa shape index (κ2) is 7.50. The summed E-state index contributed by atoms with van der Waals surface area (Å²) in [4.78, 5) is 11.9. The van der Waals surface area contributed by atoms with Crippen molar-refractivity contribution in [1.82, 2.24) is 0 Å². The highest BCUT2D eigenvalue weighted by molar-refractivity contribution is 5.98. The molecule has 0 aliphatic carbocycles. The number of para-hydroxylation sites is 1. The third kappa shape index (κ3) is 3.58. The van der Waals surface area contributed by atoms with Gasteiger partial charge in [-0.2, -0.15) is 0 Å². The van der Waals surface area contributed by atoms with Crippen LogP contribution in [0.3, 0.4) is 0 Å². The van der Waals surface area contributed by atoms with Gasteiger partial charge in [0.1, 0.15) is 12.4 Å². The van der Waals surface area contributed by atoms with Gasteiger partial charge < -0.3 is 14.2 Å². The lowest BCUT2D eigenvalue weighted by Gasteiger charge is -2.12. The average molecular weight is 300 g/mol. The van der Waals surface area contributed by atoms with Crippen LogP contribution < -0.4 is 14.2 Å². The minimum absolute atomic E-state index is 0.0721. The van der Waals surface area contributed by atoms with E-state index in [1.807, 2.05) is 43.3 Å². The number of rotatable bonds is 7. The monoisotopic (exact) mass is 300 g/mol. The Bertz CT molecular complexity index is 649. The van der Waals surface area contributed by atoms with Gasteiger partial charge in [-0.25, -0.2) is 0 Å². The van der Waals surface area contributed by atoms with E-state index in [1.54, 1.807) is 20.3 Å². The molecule has 0 aliphatic rings. The van der Waals surface area contributed by atoms with E-state index >= 15 is 0 Å². The summed E-state index contributed by atoms with van der Waals surface area (Å²) < 4.78 is 16.3. The summed E-state index contributed by atoms with van der Waals surface area (Å²) in [6.07, 6.45) is 0.455. The maximum atomic E-state index is 11.9. The van der Waals surface area contributed by atoms with Gasteiger partial charge in [0.25, 0.3) is 0 Å². The van der Waals surface area contributed by atoms with Crippen LogP contribution in [0.1, 0.15) is 29.3 Å². The zero-order valence-corrected chi connectivity index (χ0v) is 13.1. The predicted octanol–water partition coefficient (Wildman–Crippen LogP) is 3.88. The van der Waals surface area contributed by atoms with Crippen molar-refractivity contribution in [2.24, 2.45) is 0 Å². The molecule has 4 nitrogen and oxygen atoms in total. The first kappa shape index (κ1) is 15.9. The number of carbonyl (C=O) groups excluding carboxylic acids is 1. The Morgan fingerprint density at radius 2 is 1.68 bits per heavy atom. The molecular formula is C18H20O4. The van der Waals surface area contributed by atoms with Crippen LogP contribution in [-0.4, -0.2) is 20.0 Å². The van der Waals surface area contributed by atoms with Crippen molar-refractivity contribution in [3.8, 4) is 17.2 Å². The molecule has 0 unspecified atom stereocenters. The lowest BCUT2D eigenvalue weighted by atomic mass is 10.1. The quantitative estimate of drug-likeness (QED) is 0.728. The van der Waals surface area contributed by atoms with Gasteiger partial charge in [0.05, 0.1) is 19.8 Å². The third-order valence-corrected chi connectivity index (χ3v) is 3.35. The standard InChI is InChI=1S/C18H20O4/c1-4-15(19)14-7-5-6-8-16(14)22-12-13-9-10-17(20-2)18(11-13)21-3/h5-11H,4,12H2,1-3H3. The van der Waals surface area contributed by atoms with E-state index in [0.29, 0.717) is 35.8 Å². The highest BCUT2D eigenvalue weighted by Crippen LogP contribution is 2.28. The summed E-state index contributed by atoms with van der Waals surface area (Å²) in [5.74, 6) is 2.00. The molecule has 0 bridgehead atoms. The first-order valence-electron chi connectivity index (χ1n) is 7.15. The van der Waals surface area contributed by atoms with Crippen LogP contribution in [0, 0.1) is 0 Å². The maximum Gasteiger partial charge on any atom is 0.166 e. The molecule has 0 saturated heterocycles. The molecule has 4 heteroatoms. The van der Waals surface area contributed by atoms with Crippen molar-refractivity contribution in [3.05, 3.63) is 53.6 Å². The van der Waals surface area contributed by atoms with E-state index in [-0.39, 0.29) is 5.78 Å². The molecular weight excluding hydrogens is 280 g/mol. The van der Waals surface area contributed by atoms with Crippen LogP contribution in [0.15, 0.2) is 42.5 Å². The average Bonchev–Trinajstić information content (AvgIpc) is 2.59. The van der Waals surface area contributed by atoms with Gasteiger partial charge >= 0.3 is 0 Å². The van der Waals surface area contributed by atoms with E-state index in [2.05, 4.69) is 0 Å². The summed E-state index contributed by atoms with van der Waals surface area (Å²) in [5.41, 5.74) is 1.56. The Morgan fingerprint density at radius 1 is 0.955 bits per heavy atom. The van der Waals surface area contributed by atoms with E-state index in [1.165, 1.54) is 0 Å². The summed E-state index contributed by atoms with van der Waals surface area (Å²) in [6, 6.07) is 12.9. The van der Waals surface area contributed by atoms with Crippen molar-refractivity contribution in [2.75, 3.05) is 14.2 Å². The topological polar surface area (TPSA) is 44.8 Å². The van der Waals surface area contributed by atoms with E-state index in [9.17, 15) is 4.79 Å². The SMILES string of the molecule is CCC(=O)c1ccccc1OCc1ccc(OC)c(OC)c1. The number of carbonyl (C=O) groups is 1. The molecule has 0 fully saturated rings. The molecule has 2 aromatic carbocycles. The third-order valence-electron chi connectivity index (χ3n) is 3.35. The van der Waals surface area contributed by atoms with Gasteiger partial charge in [-0.05, 0) is 29.8 Å². The van der Waals surface area contributed by atoms with Crippen LogP contribution >= 0.6 is 0 Å². The molecule has 0 heterocycles. The van der Waals surface area contributed by atoms with Crippen LogP contribution in [0.2, 0.25) is 0 Å². The van der Waals surface area contributed by atoms with Crippen molar-refractivity contribution < 1.29 is 19.0 Å². The fraction of sp³-hybridized carbons (Fsp3) is 0.278. The van der Waals surface area contributed by atoms with E-state index < -0.39 is 0 Å². The Labute approximate surface area is 130 Å². The zero-order valence-electron chi connectivity index (χ0n) is 13.1. The highest BCUT2D eigenvalue weighted by atomic mass is 16.5. The number of ether oxygens (including phenoxy) is 3. The molecule has 0 radical (unpaired) electrons. The zero-order chi connectivity index (χ0) is 15.9. The van der Waals surface area contributed by atoms with Crippen molar-refractivity contribution in [3.63, 3.8) is 0 Å². The fourth-order valence-corrected chi connectivity index (χ4v) is 2.14. The molecule has 0 spiro atoms. The largest absolute Gasteiger partial charge is 0.493 e. The Kier molecular flexibility index (Phi) is 5.42. The summed E-state index contributed by atoms with van der Waals surface area (Å²) >= 11 is 0. The number of benzene rings is 2. The first-order chi connectivity index (χ1) is 10.7. The highest BCUT2D eigenvalue weighted by Gasteiger charge is 2.11. The predicted molar refractivity (Wildman–Crippen MR) is 84.9 cm³/mol. The van der Waals surface area contributed by atoms with E-state index in [0.717, 1.165) is 5.56 Å². The molecule has 0 saturated carbocycles. The second-order valence-electron chi connectivity index (χ2n) is 4.75. The Hall–Kier alpha value is -2.49. The molecule has 0 atom stereocenters. The molecule has 0 aliphatic heterocycles. The normalized spacial score (nSPS) is 10.1. The molecule has 0 N–H and O–H groups in total. The van der Waals surface area contributed by atoms with Crippen molar-refractivity contribution in [1.29, 1.82) is 0 Å². The van der Waals surface area contributed by atoms with Gasteiger partial charge in [0, 0.05) is 6.42 Å². The number of hydrogen-bond donors (Lipinski definition) is 0. The maximum absolute atomic E-state index is 11.9. The molecule has 2 rings (SSSR count). The first-order valence-corrected chi connectivity index (χ1v) is 7.15. The van der Waals surface area contributed by atoms with Gasteiger partial charge in [0.15, 0.2) is 17.3 Å². The Balaban J connectivity index is 2.15. The summed E-state index contributed by atoms with van der Waals surface area (Å²) in [6.45, 7) is 2.20. The van der Waals surface area contributed by atoms with Crippen molar-refractivity contribution in [2.45, 2.75) is 20.0 Å². The molecule has 22 heavy (non-hydrogen) atoms. The lowest BCUT2D eigenvalue weighted by molar-refractivity contribution is 0.0983. The Morgan fingerprint density at radius 3 is 2.36 bits per heavy atom. The minimum atomic E-state index is 0.0721. The van der Waals surface area contributed by atoms with Gasteiger partial charge in [0.2, 0.25) is 0 Å². The summed E-state index contributed by atoms with van der Waals surface area (Å²) in [5, 5.41) is 0. The number of hydrogen-bond acceptors (Lipinski definition) is 4. The van der Waals surface area contributed by atoms with Crippen molar-refractivity contribution >= 4 is 5.78 Å². The minimum Gasteiger partial charge on any atom is -0.493 e. The lowest BCUT2D eigenvalue weighted by Crippen LogP contribution is -2.03. The number of ketones is 1. The smallest absolute Gasteiger partial charge is 0.166 e. The van der Waals surface area contributed by atoms with Crippen LogP contribution in [0.4, 0.5) is 0 Å².